The van der Waals surface area contributed by atoms with Crippen molar-refractivity contribution in [2.45, 2.75) is 46.0 Å². The van der Waals surface area contributed by atoms with Gasteiger partial charge in [-0.1, -0.05) is 37.3 Å². The van der Waals surface area contributed by atoms with Gasteiger partial charge in [0, 0.05) is 12.8 Å². The molecule has 0 radical (unpaired) electrons. The topological polar surface area (TPSA) is 64.1 Å². The van der Waals surface area contributed by atoms with E-state index in [0.717, 1.165) is 30.0 Å². The summed E-state index contributed by atoms with van der Waals surface area (Å²) in [6.07, 6.45) is 4.03. The number of ether oxygens (including phenoxy) is 1. The van der Waals surface area contributed by atoms with Crippen molar-refractivity contribution in [2.75, 3.05) is 11.9 Å². The number of aryl methyl sites for hydroxylation is 2. The summed E-state index contributed by atoms with van der Waals surface area (Å²) in [5, 5.41) is 12.3. The van der Waals surface area contributed by atoms with E-state index >= 15 is 0 Å². The number of carbonyl (C=O) groups is 1. The largest absolute Gasteiger partial charge is 0.494 e. The smallest absolute Gasteiger partial charge is 0.226 e. The van der Waals surface area contributed by atoms with Crippen LogP contribution >= 0.6 is 11.3 Å². The number of hydrogen-bond donors (Lipinski definition) is 1. The number of aromatic nitrogens is 2. The van der Waals surface area contributed by atoms with Gasteiger partial charge in [0.15, 0.2) is 0 Å². The molecule has 23 heavy (non-hydrogen) atoms. The van der Waals surface area contributed by atoms with Crippen LogP contribution in [0.5, 0.6) is 5.75 Å². The SMILES string of the molecule is CCCc1nnc(NC(=O)CCCOc2ccc(CC)cc2)s1. The van der Waals surface area contributed by atoms with Crippen LogP contribution in [0.15, 0.2) is 24.3 Å². The Kier molecular flexibility index (Phi) is 7.00. The second-order valence-electron chi connectivity index (χ2n) is 5.25. The first-order chi connectivity index (χ1) is 11.2. The second-order valence-corrected chi connectivity index (χ2v) is 6.31. The lowest BCUT2D eigenvalue weighted by Gasteiger charge is -2.06. The van der Waals surface area contributed by atoms with Gasteiger partial charge in [-0.3, -0.25) is 4.79 Å². The maximum Gasteiger partial charge on any atom is 0.226 e. The van der Waals surface area contributed by atoms with Gasteiger partial charge in [0.1, 0.15) is 10.8 Å². The quantitative estimate of drug-likeness (QED) is 0.708. The van der Waals surface area contributed by atoms with Crippen molar-refractivity contribution in [3.05, 3.63) is 34.8 Å². The van der Waals surface area contributed by atoms with Crippen molar-refractivity contribution in [1.29, 1.82) is 0 Å². The minimum absolute atomic E-state index is 0.0471. The lowest BCUT2D eigenvalue weighted by atomic mass is 10.2. The Morgan fingerprint density at radius 3 is 2.70 bits per heavy atom. The number of nitrogens with one attached hydrogen (secondary N) is 1. The molecule has 0 unspecified atom stereocenters. The number of carbonyl (C=O) groups excluding carboxylic acids is 1. The summed E-state index contributed by atoms with van der Waals surface area (Å²) in [5.74, 6) is 0.796. The molecule has 0 aliphatic rings. The average Bonchev–Trinajstić information content (AvgIpc) is 2.99. The summed E-state index contributed by atoms with van der Waals surface area (Å²) in [7, 11) is 0. The lowest BCUT2D eigenvalue weighted by Crippen LogP contribution is -2.12. The highest BCUT2D eigenvalue weighted by molar-refractivity contribution is 7.15. The zero-order valence-electron chi connectivity index (χ0n) is 13.7. The third-order valence-corrected chi connectivity index (χ3v) is 4.22. The number of rotatable bonds is 9. The van der Waals surface area contributed by atoms with Crippen molar-refractivity contribution < 1.29 is 9.53 Å². The fourth-order valence-corrected chi connectivity index (χ4v) is 2.90. The first kappa shape index (κ1) is 17.4. The highest BCUT2D eigenvalue weighted by Gasteiger charge is 2.07. The molecule has 5 nitrogen and oxygen atoms in total. The molecule has 0 atom stereocenters. The van der Waals surface area contributed by atoms with Gasteiger partial charge >= 0.3 is 0 Å². The van der Waals surface area contributed by atoms with Crippen molar-refractivity contribution in [3.8, 4) is 5.75 Å². The molecule has 1 amide bonds. The molecule has 1 aromatic carbocycles. The molecular weight excluding hydrogens is 310 g/mol. The first-order valence-electron chi connectivity index (χ1n) is 8.05. The van der Waals surface area contributed by atoms with Crippen LogP contribution in [-0.4, -0.2) is 22.7 Å². The molecule has 0 spiro atoms. The van der Waals surface area contributed by atoms with E-state index in [0.29, 0.717) is 24.6 Å². The van der Waals surface area contributed by atoms with Crippen molar-refractivity contribution in [1.82, 2.24) is 10.2 Å². The Bertz CT molecular complexity index is 611. The molecule has 0 saturated carbocycles. The van der Waals surface area contributed by atoms with Gasteiger partial charge in [0.05, 0.1) is 6.61 Å². The van der Waals surface area contributed by atoms with Gasteiger partial charge in [-0.05, 0) is 37.0 Å². The summed E-state index contributed by atoms with van der Waals surface area (Å²) >= 11 is 1.44. The van der Waals surface area contributed by atoms with E-state index < -0.39 is 0 Å². The molecule has 124 valence electrons. The van der Waals surface area contributed by atoms with Crippen molar-refractivity contribution in [3.63, 3.8) is 0 Å². The maximum absolute atomic E-state index is 11.8. The molecule has 1 heterocycles. The van der Waals surface area contributed by atoms with E-state index in [-0.39, 0.29) is 5.91 Å². The Labute approximate surface area is 141 Å². The molecular formula is C17H23N3O2S. The van der Waals surface area contributed by atoms with Gasteiger partial charge in [-0.25, -0.2) is 0 Å². The molecule has 0 fully saturated rings. The van der Waals surface area contributed by atoms with Crippen LogP contribution in [-0.2, 0) is 17.6 Å². The minimum Gasteiger partial charge on any atom is -0.494 e. The lowest BCUT2D eigenvalue weighted by molar-refractivity contribution is -0.116. The number of anilines is 1. The van der Waals surface area contributed by atoms with Gasteiger partial charge in [-0.2, -0.15) is 0 Å². The second kappa shape index (κ2) is 9.25. The van der Waals surface area contributed by atoms with Gasteiger partial charge in [-0.15, -0.1) is 10.2 Å². The van der Waals surface area contributed by atoms with Gasteiger partial charge in [0.2, 0.25) is 11.0 Å². The summed E-state index contributed by atoms with van der Waals surface area (Å²) in [6, 6.07) is 8.06. The predicted octanol–water partition coefficient (Wildman–Crippen LogP) is 3.85. The third-order valence-electron chi connectivity index (χ3n) is 3.33. The van der Waals surface area contributed by atoms with E-state index in [1.165, 1.54) is 16.9 Å². The zero-order chi connectivity index (χ0) is 16.5. The maximum atomic E-state index is 11.8. The minimum atomic E-state index is -0.0471. The van der Waals surface area contributed by atoms with Gasteiger partial charge < -0.3 is 10.1 Å². The Balaban J connectivity index is 1.65. The van der Waals surface area contributed by atoms with Crippen LogP contribution in [0.2, 0.25) is 0 Å². The standard InChI is InChI=1S/C17H23N3O2S/c1-3-6-16-19-20-17(23-16)18-15(21)7-5-12-22-14-10-8-13(4-2)9-11-14/h8-11H,3-7,12H2,1-2H3,(H,18,20,21). The highest BCUT2D eigenvalue weighted by atomic mass is 32.1. The van der Waals surface area contributed by atoms with Crippen LogP contribution in [0.25, 0.3) is 0 Å². The fraction of sp³-hybridized carbons (Fsp3) is 0.471. The zero-order valence-corrected chi connectivity index (χ0v) is 14.5. The molecule has 6 heteroatoms. The summed E-state index contributed by atoms with van der Waals surface area (Å²) in [5.41, 5.74) is 1.29. The number of benzene rings is 1. The van der Waals surface area contributed by atoms with Crippen LogP contribution in [0.1, 0.15) is 43.7 Å². The van der Waals surface area contributed by atoms with E-state index in [2.05, 4.69) is 41.5 Å². The first-order valence-corrected chi connectivity index (χ1v) is 8.87. The van der Waals surface area contributed by atoms with E-state index in [4.69, 9.17) is 4.74 Å². The normalized spacial score (nSPS) is 10.5. The molecule has 0 bridgehead atoms. The van der Waals surface area contributed by atoms with E-state index in [1.807, 2.05) is 12.1 Å². The molecule has 2 aromatic rings. The highest BCUT2D eigenvalue weighted by Crippen LogP contribution is 2.17. The number of amides is 1. The third kappa shape index (κ3) is 5.98. The van der Waals surface area contributed by atoms with Crippen LogP contribution in [0, 0.1) is 0 Å². The Morgan fingerprint density at radius 2 is 2.00 bits per heavy atom. The average molecular weight is 333 g/mol. The molecule has 0 aliphatic heterocycles. The molecule has 1 aromatic heterocycles. The molecule has 1 N–H and O–H groups in total. The van der Waals surface area contributed by atoms with Gasteiger partial charge in [0.25, 0.3) is 0 Å². The monoisotopic (exact) mass is 333 g/mol. The number of nitrogens with zero attached hydrogens (tertiary/aromatic N) is 2. The van der Waals surface area contributed by atoms with Crippen LogP contribution in [0.4, 0.5) is 5.13 Å². The summed E-state index contributed by atoms with van der Waals surface area (Å²) < 4.78 is 5.64. The fourth-order valence-electron chi connectivity index (χ4n) is 2.04. The van der Waals surface area contributed by atoms with Crippen molar-refractivity contribution >= 4 is 22.4 Å². The molecule has 0 saturated heterocycles. The Morgan fingerprint density at radius 1 is 1.22 bits per heavy atom. The Hall–Kier alpha value is -1.95. The van der Waals surface area contributed by atoms with Crippen LogP contribution in [0.3, 0.4) is 0 Å². The van der Waals surface area contributed by atoms with Crippen molar-refractivity contribution in [2.24, 2.45) is 0 Å². The van der Waals surface area contributed by atoms with Crippen LogP contribution < -0.4 is 10.1 Å². The summed E-state index contributed by atoms with van der Waals surface area (Å²) in [6.45, 7) is 4.74. The van der Waals surface area contributed by atoms with E-state index in [9.17, 15) is 4.79 Å². The molecule has 0 aliphatic carbocycles. The predicted molar refractivity (Wildman–Crippen MR) is 93.1 cm³/mol. The van der Waals surface area contributed by atoms with E-state index in [1.54, 1.807) is 0 Å². The summed E-state index contributed by atoms with van der Waals surface area (Å²) in [4.78, 5) is 11.8. The molecule has 2 rings (SSSR count). The number of hydrogen-bond acceptors (Lipinski definition) is 5.